The maximum atomic E-state index is 11.5. The second-order valence-electron chi connectivity index (χ2n) is 5.13. The first kappa shape index (κ1) is 17.7. The molecule has 0 unspecified atom stereocenters. The van der Waals surface area contributed by atoms with Crippen LogP contribution in [0, 0.1) is 0 Å². The highest BCUT2D eigenvalue weighted by Gasteiger charge is 2.15. The average molecular weight is 293 g/mol. The molecular weight excluding hydrogens is 266 g/mol. The third-order valence-corrected chi connectivity index (χ3v) is 3.75. The predicted octanol–water partition coefficient (Wildman–Crippen LogP) is 2.75. The molecule has 0 heterocycles. The SMILES string of the molecule is CCC(CC)N(CCO)CCOc1ccccc1C(C)=O. The lowest BCUT2D eigenvalue weighted by atomic mass is 10.1. The molecule has 0 aliphatic heterocycles. The van der Waals surface area contributed by atoms with E-state index in [4.69, 9.17) is 4.74 Å². The molecule has 0 radical (unpaired) electrons. The summed E-state index contributed by atoms with van der Waals surface area (Å²) in [5, 5.41) is 9.18. The van der Waals surface area contributed by atoms with Crippen molar-refractivity contribution in [2.24, 2.45) is 0 Å². The lowest BCUT2D eigenvalue weighted by molar-refractivity contribution is 0.100. The van der Waals surface area contributed by atoms with Crippen LogP contribution in [0.25, 0.3) is 0 Å². The van der Waals surface area contributed by atoms with E-state index in [1.807, 2.05) is 18.2 Å². The van der Waals surface area contributed by atoms with E-state index < -0.39 is 0 Å². The standard InChI is InChI=1S/C17H27NO3/c1-4-15(5-2)18(10-12-19)11-13-21-17-9-7-6-8-16(17)14(3)20/h6-9,15,19H,4-5,10-13H2,1-3H3. The van der Waals surface area contributed by atoms with Crippen LogP contribution in [0.4, 0.5) is 0 Å². The summed E-state index contributed by atoms with van der Waals surface area (Å²) in [6, 6.07) is 7.78. The van der Waals surface area contributed by atoms with Crippen LogP contribution >= 0.6 is 0 Å². The lowest BCUT2D eigenvalue weighted by Crippen LogP contribution is -2.39. The van der Waals surface area contributed by atoms with Crippen LogP contribution in [-0.2, 0) is 0 Å². The van der Waals surface area contributed by atoms with Gasteiger partial charge in [-0.1, -0.05) is 26.0 Å². The third-order valence-electron chi connectivity index (χ3n) is 3.75. The van der Waals surface area contributed by atoms with Gasteiger partial charge >= 0.3 is 0 Å². The maximum absolute atomic E-state index is 11.5. The number of aliphatic hydroxyl groups is 1. The van der Waals surface area contributed by atoms with Gasteiger partial charge in [-0.15, -0.1) is 0 Å². The highest BCUT2D eigenvalue weighted by atomic mass is 16.5. The van der Waals surface area contributed by atoms with Crippen molar-refractivity contribution in [1.29, 1.82) is 0 Å². The molecule has 0 saturated heterocycles. The molecule has 1 aromatic rings. The van der Waals surface area contributed by atoms with Crippen molar-refractivity contribution >= 4 is 5.78 Å². The molecule has 0 aliphatic rings. The summed E-state index contributed by atoms with van der Waals surface area (Å²) in [5.74, 6) is 0.649. The number of benzene rings is 1. The van der Waals surface area contributed by atoms with Crippen LogP contribution in [0.5, 0.6) is 5.75 Å². The number of Topliss-reactive ketones (excluding diaryl/α,β-unsaturated/α-hetero) is 1. The molecule has 4 heteroatoms. The van der Waals surface area contributed by atoms with E-state index in [1.165, 1.54) is 0 Å². The molecule has 118 valence electrons. The number of ether oxygens (including phenoxy) is 1. The summed E-state index contributed by atoms with van der Waals surface area (Å²) >= 11 is 0. The highest BCUT2D eigenvalue weighted by molar-refractivity contribution is 5.96. The van der Waals surface area contributed by atoms with E-state index in [2.05, 4.69) is 18.7 Å². The van der Waals surface area contributed by atoms with Crippen LogP contribution in [-0.4, -0.2) is 48.1 Å². The van der Waals surface area contributed by atoms with Crippen molar-refractivity contribution in [3.63, 3.8) is 0 Å². The second kappa shape index (κ2) is 9.53. The van der Waals surface area contributed by atoms with Crippen LogP contribution < -0.4 is 4.74 Å². The second-order valence-corrected chi connectivity index (χ2v) is 5.13. The van der Waals surface area contributed by atoms with Gasteiger partial charge in [0.1, 0.15) is 12.4 Å². The van der Waals surface area contributed by atoms with Crippen molar-refractivity contribution in [1.82, 2.24) is 4.90 Å². The number of para-hydroxylation sites is 1. The molecule has 0 aliphatic carbocycles. The topological polar surface area (TPSA) is 49.8 Å². The summed E-state index contributed by atoms with van der Waals surface area (Å²) < 4.78 is 5.77. The minimum absolute atomic E-state index is 0.0119. The van der Waals surface area contributed by atoms with Crippen LogP contribution in [0.2, 0.25) is 0 Å². The normalized spacial score (nSPS) is 11.1. The van der Waals surface area contributed by atoms with Crippen molar-refractivity contribution in [3.05, 3.63) is 29.8 Å². The maximum Gasteiger partial charge on any atom is 0.163 e. The fourth-order valence-corrected chi connectivity index (χ4v) is 2.57. The molecule has 0 atom stereocenters. The zero-order chi connectivity index (χ0) is 15.7. The predicted molar refractivity (Wildman–Crippen MR) is 85.0 cm³/mol. The number of ketones is 1. The van der Waals surface area contributed by atoms with Gasteiger partial charge in [-0.05, 0) is 31.9 Å². The van der Waals surface area contributed by atoms with E-state index in [-0.39, 0.29) is 12.4 Å². The molecule has 4 nitrogen and oxygen atoms in total. The molecule has 21 heavy (non-hydrogen) atoms. The molecule has 1 N–H and O–H groups in total. The Morgan fingerprint density at radius 2 is 1.90 bits per heavy atom. The van der Waals surface area contributed by atoms with E-state index in [0.717, 1.165) is 19.4 Å². The van der Waals surface area contributed by atoms with Gasteiger partial charge in [0.25, 0.3) is 0 Å². The lowest BCUT2D eigenvalue weighted by Gasteiger charge is -2.29. The van der Waals surface area contributed by atoms with Gasteiger partial charge in [0, 0.05) is 19.1 Å². The van der Waals surface area contributed by atoms with E-state index >= 15 is 0 Å². The molecule has 0 aromatic heterocycles. The average Bonchev–Trinajstić information content (AvgIpc) is 2.48. The molecule has 0 spiro atoms. The Balaban J connectivity index is 2.60. The molecule has 1 aromatic carbocycles. The van der Waals surface area contributed by atoms with Crippen molar-refractivity contribution in [3.8, 4) is 5.75 Å². The monoisotopic (exact) mass is 293 g/mol. The number of nitrogens with zero attached hydrogens (tertiary/aromatic N) is 1. The fourth-order valence-electron chi connectivity index (χ4n) is 2.57. The third kappa shape index (κ3) is 5.48. The summed E-state index contributed by atoms with van der Waals surface area (Å²) in [6.07, 6.45) is 2.11. The Morgan fingerprint density at radius 3 is 2.48 bits per heavy atom. The van der Waals surface area contributed by atoms with E-state index in [9.17, 15) is 9.90 Å². The summed E-state index contributed by atoms with van der Waals surface area (Å²) in [7, 11) is 0. The van der Waals surface area contributed by atoms with Crippen LogP contribution in [0.15, 0.2) is 24.3 Å². The first-order chi connectivity index (χ1) is 10.1. The Labute approximate surface area is 127 Å². The van der Waals surface area contributed by atoms with Gasteiger partial charge in [-0.25, -0.2) is 0 Å². The summed E-state index contributed by atoms with van der Waals surface area (Å²) in [6.45, 7) is 7.93. The molecule has 0 fully saturated rings. The number of rotatable bonds is 10. The number of aliphatic hydroxyl groups excluding tert-OH is 1. The Hall–Kier alpha value is -1.39. The Morgan fingerprint density at radius 1 is 1.24 bits per heavy atom. The van der Waals surface area contributed by atoms with Gasteiger partial charge in [0.2, 0.25) is 0 Å². The molecular formula is C17H27NO3. The van der Waals surface area contributed by atoms with E-state index in [1.54, 1.807) is 13.0 Å². The number of hydrogen-bond donors (Lipinski definition) is 1. The van der Waals surface area contributed by atoms with Crippen LogP contribution in [0.1, 0.15) is 44.0 Å². The molecule has 0 amide bonds. The van der Waals surface area contributed by atoms with Crippen molar-refractivity contribution in [2.45, 2.75) is 39.7 Å². The number of hydrogen-bond acceptors (Lipinski definition) is 4. The minimum atomic E-state index is 0.0119. The zero-order valence-electron chi connectivity index (χ0n) is 13.3. The fraction of sp³-hybridized carbons (Fsp3) is 0.588. The molecule has 0 saturated carbocycles. The van der Waals surface area contributed by atoms with Crippen LogP contribution in [0.3, 0.4) is 0 Å². The Bertz CT molecular complexity index is 430. The quantitative estimate of drug-likeness (QED) is 0.674. The van der Waals surface area contributed by atoms with Crippen molar-refractivity contribution in [2.75, 3.05) is 26.3 Å². The number of carbonyl (C=O) groups excluding carboxylic acids is 1. The first-order valence-corrected chi connectivity index (χ1v) is 7.71. The van der Waals surface area contributed by atoms with Gasteiger partial charge in [0.05, 0.1) is 12.2 Å². The minimum Gasteiger partial charge on any atom is -0.491 e. The van der Waals surface area contributed by atoms with Gasteiger partial charge in [-0.3, -0.25) is 9.69 Å². The van der Waals surface area contributed by atoms with E-state index in [0.29, 0.717) is 30.5 Å². The van der Waals surface area contributed by atoms with Gasteiger partial charge in [-0.2, -0.15) is 0 Å². The summed E-state index contributed by atoms with van der Waals surface area (Å²) in [4.78, 5) is 13.8. The Kier molecular flexibility index (Phi) is 8.01. The highest BCUT2D eigenvalue weighted by Crippen LogP contribution is 2.18. The van der Waals surface area contributed by atoms with Gasteiger partial charge < -0.3 is 9.84 Å². The number of carbonyl (C=O) groups is 1. The largest absolute Gasteiger partial charge is 0.491 e. The smallest absolute Gasteiger partial charge is 0.163 e. The van der Waals surface area contributed by atoms with Crippen molar-refractivity contribution < 1.29 is 14.6 Å². The summed E-state index contributed by atoms with van der Waals surface area (Å²) in [5.41, 5.74) is 0.619. The first-order valence-electron chi connectivity index (χ1n) is 7.71. The zero-order valence-corrected chi connectivity index (χ0v) is 13.3. The van der Waals surface area contributed by atoms with Gasteiger partial charge in [0.15, 0.2) is 5.78 Å². The molecule has 1 rings (SSSR count). The molecule has 0 bridgehead atoms.